The molecule has 2 aliphatic heterocycles. The summed E-state index contributed by atoms with van der Waals surface area (Å²) in [5.74, 6) is 2.23. The van der Waals surface area contributed by atoms with E-state index in [9.17, 15) is 0 Å². The van der Waals surface area contributed by atoms with Crippen LogP contribution >= 0.6 is 0 Å². The van der Waals surface area contributed by atoms with Crippen molar-refractivity contribution in [2.75, 3.05) is 44.8 Å². The minimum atomic E-state index is 0.139. The highest BCUT2D eigenvalue weighted by molar-refractivity contribution is 5.80. The number of hydrogen-bond acceptors (Lipinski definition) is 4. The second kappa shape index (κ2) is 10.5. The van der Waals surface area contributed by atoms with Gasteiger partial charge in [0.2, 0.25) is 0 Å². The van der Waals surface area contributed by atoms with Gasteiger partial charge in [-0.05, 0) is 37.5 Å². The van der Waals surface area contributed by atoms with Gasteiger partial charge in [0.05, 0.1) is 18.9 Å². The Morgan fingerprint density at radius 3 is 2.74 bits per heavy atom. The Labute approximate surface area is 185 Å². The first kappa shape index (κ1) is 21.5. The van der Waals surface area contributed by atoms with Crippen LogP contribution in [-0.2, 0) is 4.74 Å². The van der Waals surface area contributed by atoms with E-state index >= 15 is 0 Å². The molecule has 3 unspecified atom stereocenters. The van der Waals surface area contributed by atoms with Gasteiger partial charge in [0.1, 0.15) is 5.75 Å². The van der Waals surface area contributed by atoms with Crippen LogP contribution in [-0.4, -0.2) is 51.9 Å². The zero-order valence-electron chi connectivity index (χ0n) is 18.6. The lowest BCUT2D eigenvalue weighted by Crippen LogP contribution is -2.45. The van der Waals surface area contributed by atoms with Crippen LogP contribution in [0.3, 0.4) is 0 Å². The fourth-order valence-electron chi connectivity index (χ4n) is 4.54. The molecule has 166 valence electrons. The maximum absolute atomic E-state index is 6.03. The van der Waals surface area contributed by atoms with E-state index in [1.54, 1.807) is 7.11 Å². The summed E-state index contributed by atoms with van der Waals surface area (Å²) in [4.78, 5) is 7.32. The van der Waals surface area contributed by atoms with Crippen molar-refractivity contribution in [3.8, 4) is 5.75 Å². The van der Waals surface area contributed by atoms with Gasteiger partial charge < -0.3 is 25.0 Å². The Morgan fingerprint density at radius 1 is 1.13 bits per heavy atom. The molecule has 2 heterocycles. The molecule has 2 aliphatic rings. The molecule has 4 rings (SSSR count). The largest absolute Gasteiger partial charge is 0.495 e. The van der Waals surface area contributed by atoms with Gasteiger partial charge in [0.25, 0.3) is 0 Å². The van der Waals surface area contributed by atoms with Crippen molar-refractivity contribution in [2.24, 2.45) is 10.9 Å². The molecule has 6 nitrogen and oxygen atoms in total. The molecule has 2 N–H and O–H groups in total. The average molecular weight is 423 g/mol. The van der Waals surface area contributed by atoms with E-state index in [2.05, 4.69) is 64.9 Å². The van der Waals surface area contributed by atoms with Crippen molar-refractivity contribution in [1.29, 1.82) is 0 Å². The van der Waals surface area contributed by atoms with Crippen molar-refractivity contribution >= 4 is 11.6 Å². The minimum absolute atomic E-state index is 0.139. The van der Waals surface area contributed by atoms with Crippen molar-refractivity contribution < 1.29 is 9.47 Å². The first-order valence-electron chi connectivity index (χ1n) is 11.4. The normalized spacial score (nSPS) is 23.7. The maximum Gasteiger partial charge on any atom is 0.191 e. The molecule has 0 saturated carbocycles. The lowest BCUT2D eigenvalue weighted by molar-refractivity contribution is 0.0925. The highest BCUT2D eigenvalue weighted by atomic mass is 16.5. The van der Waals surface area contributed by atoms with Gasteiger partial charge in [-0.15, -0.1) is 0 Å². The van der Waals surface area contributed by atoms with Crippen LogP contribution in [0.2, 0.25) is 0 Å². The minimum Gasteiger partial charge on any atom is -0.495 e. The Morgan fingerprint density at radius 2 is 1.94 bits per heavy atom. The van der Waals surface area contributed by atoms with Crippen molar-refractivity contribution in [3.05, 3.63) is 60.2 Å². The van der Waals surface area contributed by atoms with Crippen LogP contribution in [0.1, 0.15) is 31.4 Å². The van der Waals surface area contributed by atoms with Crippen LogP contribution in [0.4, 0.5) is 5.69 Å². The topological polar surface area (TPSA) is 58.1 Å². The Bertz CT molecular complexity index is 858. The summed E-state index contributed by atoms with van der Waals surface area (Å²) in [6, 6.07) is 19.1. The second-order valence-corrected chi connectivity index (χ2v) is 8.22. The molecule has 2 fully saturated rings. The standard InChI is InChI=1S/C25H34N4O2/c1-3-26-25(27-17-20-14-16-31-24(20)19-9-5-4-6-10-19)28-21-13-15-29(18-21)22-11-7-8-12-23(22)30-2/h4-12,20-21,24H,3,13-18H2,1-2H3,(H2,26,27,28). The fraction of sp³-hybridized carbons (Fsp3) is 0.480. The first-order chi connectivity index (χ1) is 15.3. The van der Waals surface area contributed by atoms with Crippen LogP contribution in [0.5, 0.6) is 5.75 Å². The van der Waals surface area contributed by atoms with E-state index in [1.165, 1.54) is 5.56 Å². The molecule has 0 aliphatic carbocycles. The van der Waals surface area contributed by atoms with Gasteiger partial charge >= 0.3 is 0 Å². The molecule has 3 atom stereocenters. The molecule has 2 aromatic carbocycles. The summed E-state index contributed by atoms with van der Waals surface area (Å²) in [6.07, 6.45) is 2.26. The van der Waals surface area contributed by atoms with E-state index in [1.807, 2.05) is 12.1 Å². The summed E-state index contributed by atoms with van der Waals surface area (Å²) in [6.45, 7) is 6.46. The third-order valence-corrected chi connectivity index (χ3v) is 6.13. The number of methoxy groups -OCH3 is 1. The number of guanidine groups is 1. The number of nitrogens with one attached hydrogen (secondary N) is 2. The predicted octanol–water partition coefficient (Wildman–Crippen LogP) is 3.61. The number of nitrogens with zero attached hydrogens (tertiary/aromatic N) is 2. The van der Waals surface area contributed by atoms with Crippen LogP contribution < -0.4 is 20.3 Å². The number of rotatable bonds is 7. The average Bonchev–Trinajstić information content (AvgIpc) is 3.48. The van der Waals surface area contributed by atoms with Gasteiger partial charge in [0.15, 0.2) is 5.96 Å². The SMILES string of the molecule is CCNC(=NCC1CCOC1c1ccccc1)NC1CCN(c2ccccc2OC)C1. The van der Waals surface area contributed by atoms with Crippen molar-refractivity contribution in [1.82, 2.24) is 10.6 Å². The third-order valence-electron chi connectivity index (χ3n) is 6.13. The summed E-state index contributed by atoms with van der Waals surface area (Å²) < 4.78 is 11.6. The van der Waals surface area contributed by atoms with Gasteiger partial charge in [-0.3, -0.25) is 4.99 Å². The van der Waals surface area contributed by atoms with Crippen molar-refractivity contribution in [3.63, 3.8) is 0 Å². The first-order valence-corrected chi connectivity index (χ1v) is 11.4. The highest BCUT2D eigenvalue weighted by Gasteiger charge is 2.30. The monoisotopic (exact) mass is 422 g/mol. The molecule has 0 spiro atoms. The molecule has 0 aromatic heterocycles. The summed E-state index contributed by atoms with van der Waals surface area (Å²) >= 11 is 0. The molecule has 0 radical (unpaired) electrons. The summed E-state index contributed by atoms with van der Waals surface area (Å²) in [7, 11) is 1.73. The van der Waals surface area contributed by atoms with E-state index in [0.717, 1.165) is 63.0 Å². The van der Waals surface area contributed by atoms with E-state index in [0.29, 0.717) is 12.0 Å². The lowest BCUT2D eigenvalue weighted by Gasteiger charge is -2.22. The zero-order chi connectivity index (χ0) is 21.5. The molecule has 2 aromatic rings. The number of aliphatic imine (C=N–C) groups is 1. The molecule has 0 amide bonds. The van der Waals surface area contributed by atoms with E-state index < -0.39 is 0 Å². The van der Waals surface area contributed by atoms with Gasteiger partial charge in [-0.25, -0.2) is 0 Å². The highest BCUT2D eigenvalue weighted by Crippen LogP contribution is 2.34. The van der Waals surface area contributed by atoms with Gasteiger partial charge in [0, 0.05) is 44.7 Å². The molecular weight excluding hydrogens is 388 g/mol. The zero-order valence-corrected chi connectivity index (χ0v) is 18.6. The van der Waals surface area contributed by atoms with Crippen molar-refractivity contribution in [2.45, 2.75) is 31.9 Å². The Hall–Kier alpha value is -2.73. The molecule has 31 heavy (non-hydrogen) atoms. The van der Waals surface area contributed by atoms with Gasteiger partial charge in [-0.1, -0.05) is 42.5 Å². The quantitative estimate of drug-likeness (QED) is 0.527. The number of hydrogen-bond donors (Lipinski definition) is 2. The van der Waals surface area contributed by atoms with E-state index in [4.69, 9.17) is 14.5 Å². The van der Waals surface area contributed by atoms with Crippen LogP contribution in [0.15, 0.2) is 59.6 Å². The molecular formula is C25H34N4O2. The number of benzene rings is 2. The number of ether oxygens (including phenoxy) is 2. The molecule has 6 heteroatoms. The second-order valence-electron chi connectivity index (χ2n) is 8.22. The van der Waals surface area contributed by atoms with Gasteiger partial charge in [-0.2, -0.15) is 0 Å². The lowest BCUT2D eigenvalue weighted by atomic mass is 9.95. The smallest absolute Gasteiger partial charge is 0.191 e. The fourth-order valence-corrected chi connectivity index (χ4v) is 4.54. The summed E-state index contributed by atoms with van der Waals surface area (Å²) in [5, 5.41) is 7.07. The van der Waals surface area contributed by atoms with E-state index in [-0.39, 0.29) is 6.10 Å². The molecule has 2 saturated heterocycles. The van der Waals surface area contributed by atoms with Crippen LogP contribution in [0.25, 0.3) is 0 Å². The number of para-hydroxylation sites is 2. The van der Waals surface area contributed by atoms with Crippen LogP contribution in [0, 0.1) is 5.92 Å². The summed E-state index contributed by atoms with van der Waals surface area (Å²) in [5.41, 5.74) is 2.41. The Kier molecular flexibility index (Phi) is 7.30. The Balaban J connectivity index is 1.37. The third kappa shape index (κ3) is 5.31. The number of anilines is 1. The predicted molar refractivity (Wildman–Crippen MR) is 126 cm³/mol. The molecule has 0 bridgehead atoms. The maximum atomic E-state index is 6.03.